The first-order valence-electron chi connectivity index (χ1n) is 6.69. The zero-order valence-corrected chi connectivity index (χ0v) is 12.0. The molecule has 1 saturated heterocycles. The van der Waals surface area contributed by atoms with Crippen molar-refractivity contribution in [2.75, 3.05) is 32.1 Å². The molecular weight excluding hydrogens is 276 g/mol. The van der Waals surface area contributed by atoms with E-state index < -0.39 is 10.9 Å². The highest BCUT2D eigenvalue weighted by atomic mass is 16.6. The molecule has 0 bridgehead atoms. The van der Waals surface area contributed by atoms with Gasteiger partial charge >= 0.3 is 5.97 Å². The van der Waals surface area contributed by atoms with Gasteiger partial charge in [0, 0.05) is 25.2 Å². The third-order valence-electron chi connectivity index (χ3n) is 3.79. The smallest absolute Gasteiger partial charge is 0.339 e. The number of nitro groups is 1. The lowest BCUT2D eigenvalue weighted by atomic mass is 10.0. The molecule has 8 heteroatoms. The van der Waals surface area contributed by atoms with Crippen molar-refractivity contribution in [2.45, 2.75) is 18.9 Å². The lowest BCUT2D eigenvalue weighted by molar-refractivity contribution is -0.385. The second kappa shape index (κ2) is 6.04. The Morgan fingerprint density at radius 2 is 2.10 bits per heavy atom. The van der Waals surface area contributed by atoms with Crippen LogP contribution < -0.4 is 4.90 Å². The van der Waals surface area contributed by atoms with Crippen LogP contribution in [0, 0.1) is 10.1 Å². The number of rotatable bonds is 4. The van der Waals surface area contributed by atoms with Crippen LogP contribution in [0.4, 0.5) is 11.5 Å². The predicted molar refractivity (Wildman–Crippen MR) is 76.8 cm³/mol. The van der Waals surface area contributed by atoms with Gasteiger partial charge in [-0.3, -0.25) is 10.1 Å². The Balaban J connectivity index is 2.24. The van der Waals surface area contributed by atoms with Crippen LogP contribution in [0.2, 0.25) is 0 Å². The van der Waals surface area contributed by atoms with E-state index in [1.165, 1.54) is 0 Å². The SMILES string of the molecule is CN(C)C1CCN(c2ncc([N+](=O)[O-])cc2C(=O)O)CC1. The summed E-state index contributed by atoms with van der Waals surface area (Å²) in [6.07, 6.45) is 2.93. The Labute approximate surface area is 122 Å². The van der Waals surface area contributed by atoms with Crippen LogP contribution in [0.15, 0.2) is 12.3 Å². The minimum atomic E-state index is -1.20. The molecular formula is C13H18N4O4. The van der Waals surface area contributed by atoms with E-state index in [-0.39, 0.29) is 11.3 Å². The van der Waals surface area contributed by atoms with Gasteiger partial charge in [0.1, 0.15) is 17.6 Å². The number of nitrogens with zero attached hydrogens (tertiary/aromatic N) is 4. The van der Waals surface area contributed by atoms with Crippen LogP contribution in [0.5, 0.6) is 0 Å². The Morgan fingerprint density at radius 3 is 2.57 bits per heavy atom. The lowest BCUT2D eigenvalue weighted by Crippen LogP contribution is -2.42. The lowest BCUT2D eigenvalue weighted by Gasteiger charge is -2.36. The number of carbonyl (C=O) groups is 1. The molecule has 1 N–H and O–H groups in total. The molecule has 0 atom stereocenters. The van der Waals surface area contributed by atoms with E-state index in [1.54, 1.807) is 0 Å². The van der Waals surface area contributed by atoms with Crippen LogP contribution in [0.3, 0.4) is 0 Å². The van der Waals surface area contributed by atoms with E-state index in [4.69, 9.17) is 0 Å². The number of carboxylic acid groups (broad SMARTS) is 1. The van der Waals surface area contributed by atoms with Crippen molar-refractivity contribution >= 4 is 17.5 Å². The summed E-state index contributed by atoms with van der Waals surface area (Å²) in [5.41, 5.74) is -0.424. The van der Waals surface area contributed by atoms with Gasteiger partial charge in [-0.2, -0.15) is 0 Å². The number of hydrogen-bond donors (Lipinski definition) is 1. The minimum Gasteiger partial charge on any atom is -0.478 e. The highest BCUT2D eigenvalue weighted by molar-refractivity contribution is 5.94. The van der Waals surface area contributed by atoms with E-state index in [0.717, 1.165) is 25.1 Å². The third-order valence-corrected chi connectivity index (χ3v) is 3.79. The largest absolute Gasteiger partial charge is 0.478 e. The zero-order valence-electron chi connectivity index (χ0n) is 12.0. The van der Waals surface area contributed by atoms with E-state index in [9.17, 15) is 20.0 Å². The summed E-state index contributed by atoms with van der Waals surface area (Å²) in [5, 5.41) is 20.0. The number of pyridine rings is 1. The highest BCUT2D eigenvalue weighted by Gasteiger charge is 2.26. The fourth-order valence-electron chi connectivity index (χ4n) is 2.55. The number of carboxylic acids is 1. The predicted octanol–water partition coefficient (Wildman–Crippen LogP) is 1.22. The van der Waals surface area contributed by atoms with Gasteiger partial charge in [0.05, 0.1) is 4.92 Å². The van der Waals surface area contributed by atoms with Crippen LogP contribution in [0.25, 0.3) is 0 Å². The maximum Gasteiger partial charge on any atom is 0.339 e. The standard InChI is InChI=1S/C13H18N4O4/c1-15(2)9-3-5-16(6-4-9)12-11(13(18)19)7-10(8-14-12)17(20)21/h7-9H,3-6H2,1-2H3,(H,18,19). The summed E-state index contributed by atoms with van der Waals surface area (Å²) in [7, 11) is 4.04. The van der Waals surface area contributed by atoms with E-state index in [1.807, 2.05) is 19.0 Å². The fraction of sp³-hybridized carbons (Fsp3) is 0.538. The molecule has 8 nitrogen and oxygen atoms in total. The first-order valence-corrected chi connectivity index (χ1v) is 6.69. The van der Waals surface area contributed by atoms with Gasteiger partial charge in [0.2, 0.25) is 0 Å². The van der Waals surface area contributed by atoms with Crippen molar-refractivity contribution < 1.29 is 14.8 Å². The highest BCUT2D eigenvalue weighted by Crippen LogP contribution is 2.26. The van der Waals surface area contributed by atoms with Gasteiger partial charge in [-0.1, -0.05) is 0 Å². The Morgan fingerprint density at radius 1 is 1.48 bits per heavy atom. The molecule has 2 heterocycles. The molecule has 1 aliphatic rings. The Kier molecular flexibility index (Phi) is 4.37. The molecule has 0 spiro atoms. The molecule has 0 aliphatic carbocycles. The first-order chi connectivity index (χ1) is 9.90. The molecule has 1 aromatic heterocycles. The van der Waals surface area contributed by atoms with Gasteiger partial charge in [0.25, 0.3) is 5.69 Å². The third kappa shape index (κ3) is 3.27. The van der Waals surface area contributed by atoms with Crippen molar-refractivity contribution in [2.24, 2.45) is 0 Å². The van der Waals surface area contributed by atoms with Crippen molar-refractivity contribution in [1.29, 1.82) is 0 Å². The maximum atomic E-state index is 11.3. The molecule has 0 unspecified atom stereocenters. The second-order valence-electron chi connectivity index (χ2n) is 5.31. The molecule has 114 valence electrons. The van der Waals surface area contributed by atoms with Gasteiger partial charge < -0.3 is 14.9 Å². The number of aromatic nitrogens is 1. The van der Waals surface area contributed by atoms with Gasteiger partial charge in [-0.25, -0.2) is 9.78 Å². The van der Waals surface area contributed by atoms with Crippen LogP contribution in [-0.4, -0.2) is 59.1 Å². The minimum absolute atomic E-state index is 0.118. The van der Waals surface area contributed by atoms with E-state index in [2.05, 4.69) is 9.88 Å². The van der Waals surface area contributed by atoms with Crippen molar-refractivity contribution in [3.8, 4) is 0 Å². The molecule has 21 heavy (non-hydrogen) atoms. The average Bonchev–Trinajstić information content (AvgIpc) is 2.46. The molecule has 1 aromatic rings. The number of aromatic carboxylic acids is 1. The zero-order chi connectivity index (χ0) is 15.6. The molecule has 0 amide bonds. The summed E-state index contributed by atoms with van der Waals surface area (Å²) in [6.45, 7) is 1.38. The molecule has 2 rings (SSSR count). The van der Waals surface area contributed by atoms with Crippen LogP contribution >= 0.6 is 0 Å². The quantitative estimate of drug-likeness (QED) is 0.658. The monoisotopic (exact) mass is 294 g/mol. The van der Waals surface area contributed by atoms with Crippen LogP contribution in [-0.2, 0) is 0 Å². The summed E-state index contributed by atoms with van der Waals surface area (Å²) in [5.74, 6) is -0.888. The molecule has 0 saturated carbocycles. The number of anilines is 1. The van der Waals surface area contributed by atoms with Crippen LogP contribution in [0.1, 0.15) is 23.2 Å². The fourth-order valence-corrected chi connectivity index (χ4v) is 2.55. The summed E-state index contributed by atoms with van der Waals surface area (Å²) in [4.78, 5) is 29.4. The normalized spacial score (nSPS) is 16.2. The van der Waals surface area contributed by atoms with Gasteiger partial charge in [-0.05, 0) is 26.9 Å². The average molecular weight is 294 g/mol. The molecule has 0 radical (unpaired) electrons. The molecule has 0 aromatic carbocycles. The Hall–Kier alpha value is -2.22. The Bertz CT molecular complexity index is 553. The van der Waals surface area contributed by atoms with E-state index >= 15 is 0 Å². The summed E-state index contributed by atoms with van der Waals surface area (Å²) in [6, 6.07) is 1.54. The van der Waals surface area contributed by atoms with Crippen molar-refractivity contribution in [3.63, 3.8) is 0 Å². The van der Waals surface area contributed by atoms with Gasteiger partial charge in [0.15, 0.2) is 0 Å². The summed E-state index contributed by atoms with van der Waals surface area (Å²) >= 11 is 0. The van der Waals surface area contributed by atoms with Crippen molar-refractivity contribution in [3.05, 3.63) is 27.9 Å². The van der Waals surface area contributed by atoms with Crippen molar-refractivity contribution in [1.82, 2.24) is 9.88 Å². The maximum absolute atomic E-state index is 11.3. The van der Waals surface area contributed by atoms with E-state index in [0.29, 0.717) is 24.9 Å². The molecule has 1 fully saturated rings. The van der Waals surface area contributed by atoms with Gasteiger partial charge in [-0.15, -0.1) is 0 Å². The first kappa shape index (κ1) is 15.2. The topological polar surface area (TPSA) is 99.8 Å². The number of hydrogen-bond acceptors (Lipinski definition) is 6. The summed E-state index contributed by atoms with van der Waals surface area (Å²) < 4.78 is 0. The number of piperidine rings is 1. The molecule has 1 aliphatic heterocycles. The second-order valence-corrected chi connectivity index (χ2v) is 5.31.